The topological polar surface area (TPSA) is 54.4 Å². The third-order valence-electron chi connectivity index (χ3n) is 3.91. The van der Waals surface area contributed by atoms with Gasteiger partial charge in [0.15, 0.2) is 9.84 Å². The molecule has 0 aliphatic carbocycles. The van der Waals surface area contributed by atoms with Gasteiger partial charge in [-0.25, -0.2) is 8.42 Å². The van der Waals surface area contributed by atoms with Crippen molar-refractivity contribution in [2.24, 2.45) is 0 Å². The molecule has 3 nitrogen and oxygen atoms in total. The Labute approximate surface area is 119 Å². The Balaban J connectivity index is 2.39. The predicted molar refractivity (Wildman–Crippen MR) is 77.3 cm³/mol. The van der Waals surface area contributed by atoms with E-state index in [1.54, 1.807) is 12.1 Å². The van der Waals surface area contributed by atoms with Crippen LogP contribution in [0.3, 0.4) is 0 Å². The van der Waals surface area contributed by atoms with Crippen LogP contribution in [-0.2, 0) is 9.84 Å². The first-order valence-electron chi connectivity index (χ1n) is 6.49. The summed E-state index contributed by atoms with van der Waals surface area (Å²) in [6, 6.07) is 3.58. The number of rotatable bonds is 2. The molecule has 0 saturated carbocycles. The summed E-state index contributed by atoms with van der Waals surface area (Å²) in [7, 11) is -3.22. The minimum absolute atomic E-state index is 0.164. The van der Waals surface area contributed by atoms with Gasteiger partial charge >= 0.3 is 0 Å². The van der Waals surface area contributed by atoms with Gasteiger partial charge in [0.25, 0.3) is 0 Å². The number of aryl methyl sites for hydroxylation is 2. The molecule has 1 N–H and O–H groups in total. The number of aliphatic hydroxyl groups excluding tert-OH is 1. The molecule has 1 aromatic carbocycles. The molecule has 2 unspecified atom stereocenters. The molecule has 19 heavy (non-hydrogen) atoms. The van der Waals surface area contributed by atoms with Crippen molar-refractivity contribution in [1.82, 2.24) is 0 Å². The van der Waals surface area contributed by atoms with E-state index in [0.717, 1.165) is 17.5 Å². The normalized spacial score (nSPS) is 24.1. The van der Waals surface area contributed by atoms with Crippen molar-refractivity contribution in [2.45, 2.75) is 44.5 Å². The molecule has 1 aliphatic heterocycles. The maximum atomic E-state index is 12.1. The molecular weight excluding hydrogens is 284 g/mol. The molecule has 106 valence electrons. The Morgan fingerprint density at radius 1 is 1.26 bits per heavy atom. The smallest absolute Gasteiger partial charge is 0.156 e. The van der Waals surface area contributed by atoms with Crippen molar-refractivity contribution in [3.63, 3.8) is 0 Å². The Hall–Kier alpha value is -0.580. The SMILES string of the molecule is Cc1cc(Cl)c(C(O)C2CCCCS2(=O)=O)cc1C. The molecule has 5 heteroatoms. The van der Waals surface area contributed by atoms with Gasteiger partial charge in [0, 0.05) is 10.6 Å². The van der Waals surface area contributed by atoms with E-state index in [-0.39, 0.29) is 5.75 Å². The Kier molecular flexibility index (Phi) is 4.23. The highest BCUT2D eigenvalue weighted by Gasteiger charge is 2.36. The minimum atomic E-state index is -3.22. The summed E-state index contributed by atoms with van der Waals surface area (Å²) in [6.07, 6.45) is 1.000. The first-order valence-corrected chi connectivity index (χ1v) is 8.58. The Bertz CT molecular complexity index is 581. The molecule has 2 atom stereocenters. The van der Waals surface area contributed by atoms with Crippen LogP contribution >= 0.6 is 11.6 Å². The highest BCUT2D eigenvalue weighted by molar-refractivity contribution is 7.92. The van der Waals surface area contributed by atoms with Crippen LogP contribution in [0.15, 0.2) is 12.1 Å². The third kappa shape index (κ3) is 2.96. The molecule has 1 saturated heterocycles. The van der Waals surface area contributed by atoms with Gasteiger partial charge in [-0.2, -0.15) is 0 Å². The van der Waals surface area contributed by atoms with Crippen molar-refractivity contribution >= 4 is 21.4 Å². The van der Waals surface area contributed by atoms with E-state index >= 15 is 0 Å². The first kappa shape index (κ1) is 14.8. The largest absolute Gasteiger partial charge is 0.387 e. The van der Waals surface area contributed by atoms with Crippen LogP contribution in [0.1, 0.15) is 42.1 Å². The fourth-order valence-corrected chi connectivity index (χ4v) is 4.87. The zero-order valence-corrected chi connectivity index (χ0v) is 12.8. The van der Waals surface area contributed by atoms with E-state index in [0.29, 0.717) is 23.4 Å². The summed E-state index contributed by atoms with van der Waals surface area (Å²) in [5, 5.41) is 10.1. The monoisotopic (exact) mass is 302 g/mol. The van der Waals surface area contributed by atoms with Crippen molar-refractivity contribution in [2.75, 3.05) is 5.75 Å². The van der Waals surface area contributed by atoms with E-state index in [2.05, 4.69) is 0 Å². The number of benzene rings is 1. The molecule has 1 aromatic rings. The van der Waals surface area contributed by atoms with Crippen molar-refractivity contribution in [3.05, 3.63) is 33.8 Å². The number of hydrogen-bond donors (Lipinski definition) is 1. The van der Waals surface area contributed by atoms with Gasteiger partial charge in [-0.05, 0) is 43.9 Å². The van der Waals surface area contributed by atoms with E-state index < -0.39 is 21.2 Å². The quantitative estimate of drug-likeness (QED) is 0.914. The summed E-state index contributed by atoms with van der Waals surface area (Å²) in [5.74, 6) is 0.164. The lowest BCUT2D eigenvalue weighted by Gasteiger charge is -2.27. The van der Waals surface area contributed by atoms with Crippen LogP contribution in [-0.4, -0.2) is 24.5 Å². The lowest BCUT2D eigenvalue weighted by atomic mass is 9.98. The Morgan fingerprint density at radius 3 is 2.53 bits per heavy atom. The second-order valence-corrected chi connectivity index (χ2v) is 8.05. The standard InChI is InChI=1S/C14H19ClO3S/c1-9-7-11(12(15)8-10(9)2)14(16)13-5-3-4-6-19(13,17)18/h7-8,13-14,16H,3-6H2,1-2H3. The van der Waals surface area contributed by atoms with Gasteiger partial charge < -0.3 is 5.11 Å². The fraction of sp³-hybridized carbons (Fsp3) is 0.571. The summed E-state index contributed by atoms with van der Waals surface area (Å²) in [5.41, 5.74) is 2.57. The van der Waals surface area contributed by atoms with E-state index in [4.69, 9.17) is 11.6 Å². The number of aliphatic hydroxyl groups is 1. The van der Waals surface area contributed by atoms with Crippen LogP contribution in [0.4, 0.5) is 0 Å². The minimum Gasteiger partial charge on any atom is -0.387 e. The maximum absolute atomic E-state index is 12.1. The van der Waals surface area contributed by atoms with Crippen LogP contribution in [0.5, 0.6) is 0 Å². The summed E-state index contributed by atoms with van der Waals surface area (Å²) in [6.45, 7) is 3.87. The molecule has 0 radical (unpaired) electrons. The van der Waals surface area contributed by atoms with E-state index in [1.807, 2.05) is 13.8 Å². The number of sulfone groups is 1. The zero-order chi connectivity index (χ0) is 14.2. The van der Waals surface area contributed by atoms with Gasteiger partial charge in [-0.1, -0.05) is 24.1 Å². The predicted octanol–water partition coefficient (Wildman–Crippen LogP) is 2.96. The second kappa shape index (κ2) is 5.43. The molecule has 1 heterocycles. The van der Waals surface area contributed by atoms with Crippen molar-refractivity contribution in [1.29, 1.82) is 0 Å². The third-order valence-corrected chi connectivity index (χ3v) is 6.51. The first-order chi connectivity index (χ1) is 8.83. The molecule has 2 rings (SSSR count). The molecule has 1 aliphatic rings. The van der Waals surface area contributed by atoms with Crippen LogP contribution in [0.25, 0.3) is 0 Å². The van der Waals surface area contributed by atoms with Crippen LogP contribution in [0, 0.1) is 13.8 Å². The molecule has 1 fully saturated rings. The van der Waals surface area contributed by atoms with E-state index in [9.17, 15) is 13.5 Å². The lowest BCUT2D eigenvalue weighted by Crippen LogP contribution is -2.34. The van der Waals surface area contributed by atoms with Gasteiger partial charge in [0.05, 0.1) is 17.1 Å². The summed E-state index contributed by atoms with van der Waals surface area (Å²) >= 11 is 6.15. The zero-order valence-electron chi connectivity index (χ0n) is 11.2. The average Bonchev–Trinajstić information content (AvgIpc) is 2.32. The molecule has 0 amide bonds. The fourth-order valence-electron chi connectivity index (χ4n) is 2.56. The van der Waals surface area contributed by atoms with Crippen molar-refractivity contribution in [3.8, 4) is 0 Å². The lowest BCUT2D eigenvalue weighted by molar-refractivity contribution is 0.164. The van der Waals surface area contributed by atoms with Crippen LogP contribution in [0.2, 0.25) is 5.02 Å². The molecule has 0 bridgehead atoms. The van der Waals surface area contributed by atoms with Gasteiger partial charge in [0.1, 0.15) is 0 Å². The molecule has 0 aromatic heterocycles. The maximum Gasteiger partial charge on any atom is 0.156 e. The summed E-state index contributed by atoms with van der Waals surface area (Å²) in [4.78, 5) is 0. The van der Waals surface area contributed by atoms with Crippen LogP contribution < -0.4 is 0 Å². The highest BCUT2D eigenvalue weighted by atomic mass is 35.5. The Morgan fingerprint density at radius 2 is 1.89 bits per heavy atom. The summed E-state index contributed by atoms with van der Waals surface area (Å²) < 4.78 is 24.1. The van der Waals surface area contributed by atoms with Gasteiger partial charge in [-0.15, -0.1) is 0 Å². The number of hydrogen-bond acceptors (Lipinski definition) is 3. The highest BCUT2D eigenvalue weighted by Crippen LogP contribution is 2.35. The molecule has 0 spiro atoms. The van der Waals surface area contributed by atoms with Gasteiger partial charge in [-0.3, -0.25) is 0 Å². The molecular formula is C14H19ClO3S. The van der Waals surface area contributed by atoms with Crippen molar-refractivity contribution < 1.29 is 13.5 Å². The second-order valence-electron chi connectivity index (χ2n) is 5.30. The van der Waals surface area contributed by atoms with Gasteiger partial charge in [0.2, 0.25) is 0 Å². The average molecular weight is 303 g/mol. The number of halogens is 1. The van der Waals surface area contributed by atoms with E-state index in [1.165, 1.54) is 0 Å².